The number of benzene rings is 4. The van der Waals surface area contributed by atoms with Crippen LogP contribution in [0.15, 0.2) is 109 Å². The van der Waals surface area contributed by atoms with Gasteiger partial charge < -0.3 is 26.2 Å². The number of fused-ring (bicyclic) bond motifs is 1. The molecule has 2 amide bonds. The van der Waals surface area contributed by atoms with Crippen molar-refractivity contribution in [3.8, 4) is 0 Å². The van der Waals surface area contributed by atoms with E-state index in [9.17, 15) is 19.8 Å². The third kappa shape index (κ3) is 7.49. The second-order valence-electron chi connectivity index (χ2n) is 12.9. The minimum absolute atomic E-state index is 0.0251. The number of β-amino-alcohol motifs (C(OH)–C–C–N with tert-alkyl or cyclic N) is 1. The first kappa shape index (κ1) is 31.5. The summed E-state index contributed by atoms with van der Waals surface area (Å²) < 4.78 is 0. The zero-order chi connectivity index (χ0) is 32.0. The van der Waals surface area contributed by atoms with Gasteiger partial charge in [0.25, 0.3) is 0 Å². The molecule has 7 heteroatoms. The Labute approximate surface area is 271 Å². The van der Waals surface area contributed by atoms with Crippen molar-refractivity contribution >= 4 is 17.5 Å². The fourth-order valence-electron chi connectivity index (χ4n) is 7.30. The highest BCUT2D eigenvalue weighted by molar-refractivity contribution is 5.82. The van der Waals surface area contributed by atoms with Crippen LogP contribution in [0.3, 0.4) is 0 Å². The van der Waals surface area contributed by atoms with Gasteiger partial charge in [0.2, 0.25) is 11.8 Å². The van der Waals surface area contributed by atoms with Gasteiger partial charge in [-0.15, -0.1) is 0 Å². The molecule has 46 heavy (non-hydrogen) atoms. The van der Waals surface area contributed by atoms with Gasteiger partial charge in [0, 0.05) is 36.5 Å². The monoisotopic (exact) mass is 617 g/mol. The molecule has 1 unspecified atom stereocenters. The molecule has 6 rings (SSSR count). The van der Waals surface area contributed by atoms with E-state index in [-0.39, 0.29) is 36.7 Å². The lowest BCUT2D eigenvalue weighted by Crippen LogP contribution is -2.43. The van der Waals surface area contributed by atoms with Crippen LogP contribution in [0.1, 0.15) is 46.7 Å². The van der Waals surface area contributed by atoms with E-state index in [1.165, 1.54) is 0 Å². The summed E-state index contributed by atoms with van der Waals surface area (Å²) in [5, 5.41) is 25.5. The SMILES string of the molecule is Nc1cccc(CC2C[C@H](Cc3ccccc3)N(C[C@@H](O)C[C@@H](Cc3ccccc3)C(=O)N[C@H]3c4ccccc4C[C@H]3O)C2=O)c1. The van der Waals surface area contributed by atoms with Gasteiger partial charge in [0.1, 0.15) is 0 Å². The molecular formula is C39H43N3O4. The minimum Gasteiger partial charge on any atom is -0.399 e. The molecule has 1 aliphatic carbocycles. The number of aliphatic hydroxyl groups is 2. The highest BCUT2D eigenvalue weighted by Crippen LogP contribution is 2.33. The summed E-state index contributed by atoms with van der Waals surface area (Å²) >= 11 is 0. The average molecular weight is 618 g/mol. The van der Waals surface area contributed by atoms with E-state index in [4.69, 9.17) is 5.73 Å². The Morgan fingerprint density at radius 2 is 1.54 bits per heavy atom. The van der Waals surface area contributed by atoms with Crippen molar-refractivity contribution in [2.24, 2.45) is 11.8 Å². The molecule has 1 fully saturated rings. The van der Waals surface area contributed by atoms with Crippen molar-refractivity contribution in [2.75, 3.05) is 12.3 Å². The molecule has 5 N–H and O–H groups in total. The Hall–Kier alpha value is -4.46. The number of nitrogens with one attached hydrogen (secondary N) is 1. The van der Waals surface area contributed by atoms with Crippen LogP contribution in [-0.4, -0.2) is 51.7 Å². The smallest absolute Gasteiger partial charge is 0.226 e. The maximum absolute atomic E-state index is 13.9. The third-order valence-electron chi connectivity index (χ3n) is 9.54. The lowest BCUT2D eigenvalue weighted by molar-refractivity contribution is -0.133. The highest BCUT2D eigenvalue weighted by atomic mass is 16.3. The van der Waals surface area contributed by atoms with Crippen LogP contribution in [0.2, 0.25) is 0 Å². The van der Waals surface area contributed by atoms with Crippen LogP contribution >= 0.6 is 0 Å². The number of amides is 2. The molecule has 4 aromatic carbocycles. The summed E-state index contributed by atoms with van der Waals surface area (Å²) in [6.07, 6.45) is 1.47. The molecule has 1 saturated heterocycles. The maximum atomic E-state index is 13.9. The first-order valence-electron chi connectivity index (χ1n) is 16.3. The lowest BCUT2D eigenvalue weighted by Gasteiger charge is -2.29. The molecule has 6 atom stereocenters. The van der Waals surface area contributed by atoms with Crippen LogP contribution in [0.25, 0.3) is 0 Å². The number of likely N-dealkylation sites (tertiary alicyclic amines) is 1. The Bertz CT molecular complexity index is 1630. The molecule has 4 aromatic rings. The van der Waals surface area contributed by atoms with E-state index < -0.39 is 24.2 Å². The summed E-state index contributed by atoms with van der Waals surface area (Å²) in [6.45, 7) is 0.150. The first-order valence-corrected chi connectivity index (χ1v) is 16.3. The van der Waals surface area contributed by atoms with Gasteiger partial charge >= 0.3 is 0 Å². The van der Waals surface area contributed by atoms with E-state index in [1.54, 1.807) is 0 Å². The normalized spacial score (nSPS) is 22.0. The number of hydrogen-bond donors (Lipinski definition) is 4. The summed E-state index contributed by atoms with van der Waals surface area (Å²) in [4.78, 5) is 29.6. The van der Waals surface area contributed by atoms with Gasteiger partial charge in [0.15, 0.2) is 0 Å². The van der Waals surface area contributed by atoms with Crippen molar-refractivity contribution in [3.05, 3.63) is 137 Å². The van der Waals surface area contributed by atoms with Crippen LogP contribution in [-0.2, 0) is 35.3 Å². The molecule has 1 heterocycles. The molecule has 1 aliphatic heterocycles. The van der Waals surface area contributed by atoms with Gasteiger partial charge in [-0.2, -0.15) is 0 Å². The van der Waals surface area contributed by atoms with Crippen LogP contribution in [0.5, 0.6) is 0 Å². The van der Waals surface area contributed by atoms with Gasteiger partial charge in [-0.05, 0) is 72.1 Å². The second-order valence-corrected chi connectivity index (χ2v) is 12.9. The topological polar surface area (TPSA) is 116 Å². The number of nitrogens with zero attached hydrogens (tertiary/aromatic N) is 1. The van der Waals surface area contributed by atoms with Gasteiger partial charge in [0.05, 0.1) is 18.2 Å². The Balaban J connectivity index is 1.19. The van der Waals surface area contributed by atoms with Crippen LogP contribution < -0.4 is 11.1 Å². The van der Waals surface area contributed by atoms with Gasteiger partial charge in [-0.1, -0.05) is 97.1 Å². The Kier molecular flexibility index (Phi) is 9.81. The number of rotatable bonds is 12. The largest absolute Gasteiger partial charge is 0.399 e. The molecule has 0 saturated carbocycles. The van der Waals surface area contributed by atoms with Crippen LogP contribution in [0, 0.1) is 11.8 Å². The van der Waals surface area contributed by atoms with Crippen molar-refractivity contribution in [1.29, 1.82) is 0 Å². The van der Waals surface area contributed by atoms with Crippen molar-refractivity contribution in [3.63, 3.8) is 0 Å². The molecule has 0 radical (unpaired) electrons. The van der Waals surface area contributed by atoms with Crippen molar-refractivity contribution < 1.29 is 19.8 Å². The van der Waals surface area contributed by atoms with E-state index >= 15 is 0 Å². The van der Waals surface area contributed by atoms with E-state index in [0.717, 1.165) is 27.8 Å². The third-order valence-corrected chi connectivity index (χ3v) is 9.54. The Morgan fingerprint density at radius 3 is 2.28 bits per heavy atom. The minimum atomic E-state index is -0.909. The number of carbonyl (C=O) groups excluding carboxylic acids is 2. The summed E-state index contributed by atoms with van der Waals surface area (Å²) in [6, 6.07) is 34.8. The highest BCUT2D eigenvalue weighted by Gasteiger charge is 2.41. The Morgan fingerprint density at radius 1 is 0.870 bits per heavy atom. The standard InChI is InChI=1S/C39H43N3O4/c40-32-16-9-14-28(20-32)19-31-22-33(21-27-12-5-2-6-13-27)42(39(31)46)25-34(43)23-30(18-26-10-3-1-4-11-26)38(45)41-37-35-17-8-7-15-29(35)24-36(37)44/h1-17,20,30-31,33-34,36-37,43-44H,18-19,21-25,40H2,(H,41,45)/t30-,31?,33+,34+,36-,37+/m1/s1. The molecule has 7 nitrogen and oxygen atoms in total. The quantitative estimate of drug-likeness (QED) is 0.173. The number of hydrogen-bond acceptors (Lipinski definition) is 5. The first-order chi connectivity index (χ1) is 22.3. The van der Waals surface area contributed by atoms with E-state index in [1.807, 2.05) is 102 Å². The second kappa shape index (κ2) is 14.3. The summed E-state index contributed by atoms with van der Waals surface area (Å²) in [5.74, 6) is -0.949. The number of nitrogens with two attached hydrogens (primary N) is 1. The predicted molar refractivity (Wildman–Crippen MR) is 180 cm³/mol. The van der Waals surface area contributed by atoms with E-state index in [2.05, 4.69) is 17.4 Å². The average Bonchev–Trinajstić information content (AvgIpc) is 3.52. The van der Waals surface area contributed by atoms with Gasteiger partial charge in [-0.25, -0.2) is 0 Å². The predicted octanol–water partition coefficient (Wildman–Crippen LogP) is 4.66. The van der Waals surface area contributed by atoms with Gasteiger partial charge in [-0.3, -0.25) is 9.59 Å². The molecule has 238 valence electrons. The fourth-order valence-corrected chi connectivity index (χ4v) is 7.30. The zero-order valence-electron chi connectivity index (χ0n) is 26.0. The van der Waals surface area contributed by atoms with Crippen molar-refractivity contribution in [2.45, 2.75) is 62.8 Å². The number of aliphatic hydroxyl groups excluding tert-OH is 2. The number of carbonyl (C=O) groups is 2. The fraction of sp³-hybridized carbons (Fsp3) is 0.333. The van der Waals surface area contributed by atoms with Crippen LogP contribution in [0.4, 0.5) is 5.69 Å². The molecule has 0 bridgehead atoms. The lowest BCUT2D eigenvalue weighted by atomic mass is 9.91. The summed E-state index contributed by atoms with van der Waals surface area (Å²) in [5.41, 5.74) is 11.8. The van der Waals surface area contributed by atoms with E-state index in [0.29, 0.717) is 37.8 Å². The molecular weight excluding hydrogens is 574 g/mol. The molecule has 2 aliphatic rings. The maximum Gasteiger partial charge on any atom is 0.226 e. The number of nitrogen functional groups attached to an aromatic ring is 1. The number of anilines is 1. The molecule has 0 spiro atoms. The summed E-state index contributed by atoms with van der Waals surface area (Å²) in [7, 11) is 0. The van der Waals surface area contributed by atoms with Crippen molar-refractivity contribution in [1.82, 2.24) is 10.2 Å². The molecule has 0 aromatic heterocycles. The zero-order valence-corrected chi connectivity index (χ0v) is 26.0.